The molecule has 0 amide bonds. The van der Waals surface area contributed by atoms with Gasteiger partial charge in [-0.1, -0.05) is 0 Å². The Morgan fingerprint density at radius 1 is 1.20 bits per heavy atom. The fourth-order valence-corrected chi connectivity index (χ4v) is 1.75. The van der Waals surface area contributed by atoms with Gasteiger partial charge in [-0.25, -0.2) is 4.79 Å². The van der Waals surface area contributed by atoms with Gasteiger partial charge in [-0.3, -0.25) is 4.79 Å². The zero-order chi connectivity index (χ0) is 15.1. The summed E-state index contributed by atoms with van der Waals surface area (Å²) in [5.74, 6) is 0.313. The number of ketones is 1. The van der Waals surface area contributed by atoms with Crippen LogP contribution in [0.25, 0.3) is 6.08 Å². The lowest BCUT2D eigenvalue weighted by atomic mass is 10.0. The summed E-state index contributed by atoms with van der Waals surface area (Å²) in [6.07, 6.45) is 2.78. The molecule has 0 spiro atoms. The molecular weight excluding hydrogens is 260 g/mol. The van der Waals surface area contributed by atoms with Crippen molar-refractivity contribution in [2.75, 3.05) is 20.8 Å². The Balaban J connectivity index is 3.27. The minimum atomic E-state index is -0.469. The molecule has 5 nitrogen and oxygen atoms in total. The smallest absolute Gasteiger partial charge is 0.330 e. The van der Waals surface area contributed by atoms with Crippen molar-refractivity contribution >= 4 is 17.8 Å². The topological polar surface area (TPSA) is 61.8 Å². The summed E-state index contributed by atoms with van der Waals surface area (Å²) in [6, 6.07) is 3.29. The predicted molar refractivity (Wildman–Crippen MR) is 75.2 cm³/mol. The first-order valence-electron chi connectivity index (χ1n) is 6.15. The highest BCUT2D eigenvalue weighted by Crippen LogP contribution is 2.30. The second-order valence-corrected chi connectivity index (χ2v) is 3.94. The molecule has 0 aliphatic heterocycles. The van der Waals surface area contributed by atoms with E-state index in [9.17, 15) is 9.59 Å². The molecule has 1 aromatic rings. The summed E-state index contributed by atoms with van der Waals surface area (Å²) in [5.41, 5.74) is 0.940. The minimum absolute atomic E-state index is 0.159. The summed E-state index contributed by atoms with van der Waals surface area (Å²) in [4.78, 5) is 23.1. The maximum absolute atomic E-state index is 11.7. The van der Waals surface area contributed by atoms with Crippen molar-refractivity contribution in [2.45, 2.75) is 13.8 Å². The van der Waals surface area contributed by atoms with Crippen molar-refractivity contribution in [3.8, 4) is 11.5 Å². The summed E-state index contributed by atoms with van der Waals surface area (Å²) in [5, 5.41) is 0. The number of esters is 1. The van der Waals surface area contributed by atoms with Gasteiger partial charge in [0.05, 0.1) is 26.4 Å². The average molecular weight is 278 g/mol. The Bertz CT molecular complexity index is 531. The highest BCUT2D eigenvalue weighted by Gasteiger charge is 2.14. The van der Waals surface area contributed by atoms with Crippen LogP contribution < -0.4 is 9.47 Å². The van der Waals surface area contributed by atoms with Gasteiger partial charge in [-0.2, -0.15) is 0 Å². The van der Waals surface area contributed by atoms with E-state index >= 15 is 0 Å². The highest BCUT2D eigenvalue weighted by atomic mass is 16.5. The molecule has 20 heavy (non-hydrogen) atoms. The molecule has 5 heteroatoms. The first-order chi connectivity index (χ1) is 9.53. The molecule has 0 fully saturated rings. The lowest BCUT2D eigenvalue weighted by Crippen LogP contribution is -2.03. The zero-order valence-electron chi connectivity index (χ0n) is 12.1. The molecule has 0 bridgehead atoms. The minimum Gasteiger partial charge on any atom is -0.497 e. The maximum Gasteiger partial charge on any atom is 0.330 e. The van der Waals surface area contributed by atoms with E-state index in [1.54, 1.807) is 19.1 Å². The van der Waals surface area contributed by atoms with Crippen LogP contribution in [0.15, 0.2) is 18.2 Å². The number of Topliss-reactive ketones (excluding diaryl/α,β-unsaturated/α-hetero) is 1. The van der Waals surface area contributed by atoms with E-state index in [-0.39, 0.29) is 5.78 Å². The fraction of sp³-hybridized carbons (Fsp3) is 0.333. The Kier molecular flexibility index (Phi) is 5.77. The van der Waals surface area contributed by atoms with Crippen LogP contribution in [0.3, 0.4) is 0 Å². The molecule has 0 aliphatic carbocycles. The number of hydrogen-bond acceptors (Lipinski definition) is 5. The Morgan fingerprint density at radius 3 is 2.40 bits per heavy atom. The maximum atomic E-state index is 11.7. The summed E-state index contributed by atoms with van der Waals surface area (Å²) in [6.45, 7) is 3.46. The van der Waals surface area contributed by atoms with Gasteiger partial charge in [0.2, 0.25) is 0 Å². The number of benzene rings is 1. The molecular formula is C15H18O5. The van der Waals surface area contributed by atoms with Crippen LogP contribution in [0.5, 0.6) is 11.5 Å². The first-order valence-corrected chi connectivity index (χ1v) is 6.15. The van der Waals surface area contributed by atoms with E-state index in [2.05, 4.69) is 0 Å². The standard InChI is InChI=1S/C15H18O5/c1-5-20-14(17)7-6-11-8-12(18-3)9-13(19-4)15(11)10(2)16/h6-9H,5H2,1-4H3/b7-6+. The van der Waals surface area contributed by atoms with E-state index in [0.717, 1.165) is 0 Å². The van der Waals surface area contributed by atoms with E-state index in [0.29, 0.717) is 29.2 Å². The monoisotopic (exact) mass is 278 g/mol. The van der Waals surface area contributed by atoms with Gasteiger partial charge >= 0.3 is 5.97 Å². The molecule has 0 aliphatic rings. The van der Waals surface area contributed by atoms with Gasteiger partial charge in [0, 0.05) is 12.1 Å². The van der Waals surface area contributed by atoms with Crippen molar-refractivity contribution in [2.24, 2.45) is 0 Å². The van der Waals surface area contributed by atoms with Crippen molar-refractivity contribution in [3.05, 3.63) is 29.3 Å². The first kappa shape index (κ1) is 15.8. The molecule has 0 saturated carbocycles. The average Bonchev–Trinajstić information content (AvgIpc) is 2.43. The quantitative estimate of drug-likeness (QED) is 0.454. The van der Waals surface area contributed by atoms with Gasteiger partial charge < -0.3 is 14.2 Å². The van der Waals surface area contributed by atoms with Gasteiger partial charge in [0.1, 0.15) is 11.5 Å². The lowest BCUT2D eigenvalue weighted by Gasteiger charge is -2.11. The van der Waals surface area contributed by atoms with Gasteiger partial charge in [-0.05, 0) is 31.6 Å². The largest absolute Gasteiger partial charge is 0.497 e. The van der Waals surface area contributed by atoms with Gasteiger partial charge in [-0.15, -0.1) is 0 Å². The zero-order valence-corrected chi connectivity index (χ0v) is 12.1. The van der Waals surface area contributed by atoms with Crippen LogP contribution >= 0.6 is 0 Å². The molecule has 0 heterocycles. The number of methoxy groups -OCH3 is 2. The van der Waals surface area contributed by atoms with Crippen molar-refractivity contribution in [3.63, 3.8) is 0 Å². The molecule has 0 radical (unpaired) electrons. The van der Waals surface area contributed by atoms with E-state index < -0.39 is 5.97 Å². The van der Waals surface area contributed by atoms with Crippen molar-refractivity contribution in [1.82, 2.24) is 0 Å². The van der Waals surface area contributed by atoms with Crippen LogP contribution in [0.1, 0.15) is 29.8 Å². The molecule has 1 rings (SSSR count). The third-order valence-corrected chi connectivity index (χ3v) is 2.60. The predicted octanol–water partition coefficient (Wildman–Crippen LogP) is 2.48. The molecule has 0 atom stereocenters. The molecule has 0 aromatic heterocycles. The van der Waals surface area contributed by atoms with E-state index in [4.69, 9.17) is 14.2 Å². The molecule has 1 aromatic carbocycles. The molecule has 0 unspecified atom stereocenters. The van der Waals surface area contributed by atoms with Crippen LogP contribution in [0.2, 0.25) is 0 Å². The number of carbonyl (C=O) groups excluding carboxylic acids is 2. The Labute approximate surface area is 118 Å². The van der Waals surface area contributed by atoms with Crippen LogP contribution in [-0.4, -0.2) is 32.6 Å². The van der Waals surface area contributed by atoms with E-state index in [1.165, 1.54) is 33.3 Å². The molecule has 108 valence electrons. The lowest BCUT2D eigenvalue weighted by molar-refractivity contribution is -0.137. The summed E-state index contributed by atoms with van der Waals surface area (Å²) >= 11 is 0. The normalized spacial score (nSPS) is 10.4. The van der Waals surface area contributed by atoms with Crippen LogP contribution in [-0.2, 0) is 9.53 Å². The van der Waals surface area contributed by atoms with Crippen LogP contribution in [0.4, 0.5) is 0 Å². The number of rotatable bonds is 6. The highest BCUT2D eigenvalue weighted by molar-refractivity contribution is 6.01. The van der Waals surface area contributed by atoms with Gasteiger partial charge in [0.15, 0.2) is 5.78 Å². The van der Waals surface area contributed by atoms with Crippen LogP contribution in [0, 0.1) is 0 Å². The Morgan fingerprint density at radius 2 is 1.90 bits per heavy atom. The summed E-state index contributed by atoms with van der Waals surface area (Å²) in [7, 11) is 2.99. The second kappa shape index (κ2) is 7.33. The molecule has 0 saturated heterocycles. The second-order valence-electron chi connectivity index (χ2n) is 3.94. The SMILES string of the molecule is CCOC(=O)/C=C/c1cc(OC)cc(OC)c1C(C)=O. The third kappa shape index (κ3) is 3.85. The van der Waals surface area contributed by atoms with E-state index in [1.807, 2.05) is 0 Å². The number of carbonyl (C=O) groups is 2. The van der Waals surface area contributed by atoms with Crippen molar-refractivity contribution < 1.29 is 23.8 Å². The van der Waals surface area contributed by atoms with Crippen molar-refractivity contribution in [1.29, 1.82) is 0 Å². The Hall–Kier alpha value is -2.30. The number of hydrogen-bond donors (Lipinski definition) is 0. The molecule has 0 N–H and O–H groups in total. The summed E-state index contributed by atoms with van der Waals surface area (Å²) < 4.78 is 15.1. The third-order valence-electron chi connectivity index (χ3n) is 2.60. The fourth-order valence-electron chi connectivity index (χ4n) is 1.75. The number of ether oxygens (including phenoxy) is 3. The van der Waals surface area contributed by atoms with Gasteiger partial charge in [0.25, 0.3) is 0 Å².